The Hall–Kier alpha value is -1.06. The molecule has 1 amide bonds. The van der Waals surface area contributed by atoms with Crippen LogP contribution in [0.4, 0.5) is 5.69 Å². The van der Waals surface area contributed by atoms with Gasteiger partial charge in [0.1, 0.15) is 0 Å². The molecule has 0 aliphatic rings. The molecule has 0 aromatic heterocycles. The molecule has 4 heteroatoms. The number of carbonyl (C=O) groups excluding carboxylic acids is 1. The maximum Gasteiger partial charge on any atom is 0.244 e. The highest BCUT2D eigenvalue weighted by atomic mass is 35.5. The lowest BCUT2D eigenvalue weighted by Gasteiger charge is -2.24. The number of rotatable bonds is 4. The molecule has 94 valence electrons. The number of likely N-dealkylation sites (N-methyl/N-ethyl adjacent to an activating group) is 1. The molecule has 1 rings (SSSR count). The van der Waals surface area contributed by atoms with Crippen LogP contribution in [0.25, 0.3) is 0 Å². The summed E-state index contributed by atoms with van der Waals surface area (Å²) in [5.41, 5.74) is 1.17. The minimum atomic E-state index is -0.583. The molecule has 0 atom stereocenters. The number of halogens is 1. The van der Waals surface area contributed by atoms with Gasteiger partial charge in [0.25, 0.3) is 0 Å². The van der Waals surface area contributed by atoms with Crippen LogP contribution in [-0.2, 0) is 4.79 Å². The van der Waals surface area contributed by atoms with Crippen molar-refractivity contribution in [3.8, 4) is 0 Å². The molecule has 1 aromatic rings. The van der Waals surface area contributed by atoms with Gasteiger partial charge in [-0.25, -0.2) is 0 Å². The summed E-state index contributed by atoms with van der Waals surface area (Å²) in [6.45, 7) is 8.36. The summed E-state index contributed by atoms with van der Waals surface area (Å²) in [6.07, 6.45) is 0. The highest BCUT2D eigenvalue weighted by molar-refractivity contribution is 6.30. The Bertz CT molecular complexity index is 416. The lowest BCUT2D eigenvalue weighted by atomic mass is 10.0. The van der Waals surface area contributed by atoms with Gasteiger partial charge in [-0.2, -0.15) is 0 Å². The van der Waals surface area contributed by atoms with Crippen molar-refractivity contribution in [2.75, 3.05) is 11.9 Å². The van der Waals surface area contributed by atoms with E-state index in [0.717, 1.165) is 17.8 Å². The lowest BCUT2D eigenvalue weighted by Crippen LogP contribution is -2.49. The van der Waals surface area contributed by atoms with Crippen molar-refractivity contribution < 1.29 is 4.79 Å². The molecular formula is C13H19ClN2O. The molecule has 0 spiro atoms. The fourth-order valence-corrected chi connectivity index (χ4v) is 1.79. The van der Waals surface area contributed by atoms with Crippen LogP contribution in [-0.4, -0.2) is 18.0 Å². The molecule has 0 bridgehead atoms. The van der Waals surface area contributed by atoms with Crippen molar-refractivity contribution >= 4 is 23.2 Å². The van der Waals surface area contributed by atoms with Gasteiger partial charge in [0, 0.05) is 10.7 Å². The van der Waals surface area contributed by atoms with Crippen LogP contribution < -0.4 is 10.6 Å². The van der Waals surface area contributed by atoms with Crippen LogP contribution in [0.15, 0.2) is 18.2 Å². The Morgan fingerprint density at radius 1 is 1.41 bits per heavy atom. The summed E-state index contributed by atoms with van der Waals surface area (Å²) < 4.78 is 0. The Morgan fingerprint density at radius 2 is 2.06 bits per heavy atom. The Morgan fingerprint density at radius 3 is 2.59 bits per heavy atom. The van der Waals surface area contributed by atoms with E-state index >= 15 is 0 Å². The topological polar surface area (TPSA) is 41.1 Å². The van der Waals surface area contributed by atoms with Gasteiger partial charge in [-0.1, -0.05) is 18.5 Å². The Labute approximate surface area is 108 Å². The number of amides is 1. The SMILES string of the molecule is CCNC(C)(C)C(=O)Nc1ccc(Cl)cc1C. The number of nitrogens with one attached hydrogen (secondary N) is 2. The fraction of sp³-hybridized carbons (Fsp3) is 0.462. The predicted octanol–water partition coefficient (Wildman–Crippen LogP) is 2.98. The second-order valence-electron chi connectivity index (χ2n) is 4.57. The molecule has 2 N–H and O–H groups in total. The highest BCUT2D eigenvalue weighted by Gasteiger charge is 2.26. The van der Waals surface area contributed by atoms with Gasteiger partial charge >= 0.3 is 0 Å². The largest absolute Gasteiger partial charge is 0.324 e. The van der Waals surface area contributed by atoms with Gasteiger partial charge in [-0.05, 0) is 51.1 Å². The molecule has 3 nitrogen and oxygen atoms in total. The lowest BCUT2D eigenvalue weighted by molar-refractivity contribution is -0.121. The molecule has 0 unspecified atom stereocenters. The summed E-state index contributed by atoms with van der Waals surface area (Å²) in [4.78, 5) is 12.1. The van der Waals surface area contributed by atoms with Crippen LogP contribution in [0.3, 0.4) is 0 Å². The first-order chi connectivity index (χ1) is 7.86. The van der Waals surface area contributed by atoms with E-state index in [4.69, 9.17) is 11.6 Å². The molecule has 17 heavy (non-hydrogen) atoms. The molecule has 0 aliphatic carbocycles. The second-order valence-corrected chi connectivity index (χ2v) is 5.01. The fourth-order valence-electron chi connectivity index (χ4n) is 1.57. The van der Waals surface area contributed by atoms with Gasteiger partial charge in [0.2, 0.25) is 5.91 Å². The summed E-state index contributed by atoms with van der Waals surface area (Å²) in [6, 6.07) is 5.42. The van der Waals surface area contributed by atoms with Gasteiger partial charge < -0.3 is 10.6 Å². The number of hydrogen-bond acceptors (Lipinski definition) is 2. The van der Waals surface area contributed by atoms with Gasteiger partial charge in [0.15, 0.2) is 0 Å². The third-order valence-corrected chi connectivity index (χ3v) is 2.86. The first kappa shape index (κ1) is 14.0. The van der Waals surface area contributed by atoms with E-state index in [-0.39, 0.29) is 5.91 Å². The molecule has 0 saturated heterocycles. The number of hydrogen-bond donors (Lipinski definition) is 2. The van der Waals surface area contributed by atoms with Gasteiger partial charge in [-0.3, -0.25) is 4.79 Å². The number of anilines is 1. The van der Waals surface area contributed by atoms with Crippen LogP contribution in [0, 0.1) is 6.92 Å². The Kier molecular flexibility index (Phi) is 4.54. The molecular weight excluding hydrogens is 236 g/mol. The summed E-state index contributed by atoms with van der Waals surface area (Å²) in [5, 5.41) is 6.71. The van der Waals surface area contributed by atoms with Crippen molar-refractivity contribution in [1.29, 1.82) is 0 Å². The molecule has 1 aromatic carbocycles. The van der Waals surface area contributed by atoms with Crippen molar-refractivity contribution in [1.82, 2.24) is 5.32 Å². The molecule has 0 saturated carbocycles. The van der Waals surface area contributed by atoms with Crippen molar-refractivity contribution in [2.24, 2.45) is 0 Å². The third-order valence-electron chi connectivity index (χ3n) is 2.62. The minimum absolute atomic E-state index is 0.0511. The van der Waals surface area contributed by atoms with Crippen LogP contribution in [0.2, 0.25) is 5.02 Å². The van der Waals surface area contributed by atoms with Crippen LogP contribution in [0.5, 0.6) is 0 Å². The van der Waals surface area contributed by atoms with Crippen molar-refractivity contribution in [2.45, 2.75) is 33.2 Å². The average molecular weight is 255 g/mol. The smallest absolute Gasteiger partial charge is 0.244 e. The summed E-state index contributed by atoms with van der Waals surface area (Å²) >= 11 is 5.87. The van der Waals surface area contributed by atoms with Gasteiger partial charge in [-0.15, -0.1) is 0 Å². The number of carbonyl (C=O) groups is 1. The second kappa shape index (κ2) is 5.52. The van der Waals surface area contributed by atoms with Crippen LogP contribution in [0.1, 0.15) is 26.3 Å². The zero-order valence-electron chi connectivity index (χ0n) is 10.7. The Balaban J connectivity index is 2.81. The van der Waals surface area contributed by atoms with E-state index < -0.39 is 5.54 Å². The van der Waals surface area contributed by atoms with E-state index in [1.807, 2.05) is 39.8 Å². The minimum Gasteiger partial charge on any atom is -0.324 e. The van der Waals surface area contributed by atoms with E-state index in [2.05, 4.69) is 10.6 Å². The zero-order valence-corrected chi connectivity index (χ0v) is 11.5. The first-order valence-electron chi connectivity index (χ1n) is 5.69. The molecule has 0 heterocycles. The number of aryl methyl sites for hydroxylation is 1. The van der Waals surface area contributed by atoms with Crippen molar-refractivity contribution in [3.05, 3.63) is 28.8 Å². The predicted molar refractivity (Wildman–Crippen MR) is 72.6 cm³/mol. The zero-order chi connectivity index (χ0) is 13.1. The normalized spacial score (nSPS) is 11.4. The van der Waals surface area contributed by atoms with Crippen LogP contribution >= 0.6 is 11.6 Å². The molecule has 0 fully saturated rings. The molecule has 0 aliphatic heterocycles. The van der Waals surface area contributed by atoms with E-state index in [9.17, 15) is 4.79 Å². The summed E-state index contributed by atoms with van der Waals surface area (Å²) in [5.74, 6) is -0.0511. The van der Waals surface area contributed by atoms with E-state index in [1.54, 1.807) is 6.07 Å². The third kappa shape index (κ3) is 3.72. The summed E-state index contributed by atoms with van der Waals surface area (Å²) in [7, 11) is 0. The molecule has 0 radical (unpaired) electrons. The average Bonchev–Trinajstić information content (AvgIpc) is 2.22. The maximum absolute atomic E-state index is 12.1. The quantitative estimate of drug-likeness (QED) is 0.867. The standard InChI is InChI=1S/C13H19ClN2O/c1-5-15-13(3,4)12(17)16-11-7-6-10(14)8-9(11)2/h6-8,15H,5H2,1-4H3,(H,16,17). The van der Waals surface area contributed by atoms with E-state index in [1.165, 1.54) is 0 Å². The van der Waals surface area contributed by atoms with E-state index in [0.29, 0.717) is 5.02 Å². The van der Waals surface area contributed by atoms with Gasteiger partial charge in [0.05, 0.1) is 5.54 Å². The maximum atomic E-state index is 12.1. The number of benzene rings is 1. The highest BCUT2D eigenvalue weighted by Crippen LogP contribution is 2.20. The first-order valence-corrected chi connectivity index (χ1v) is 6.07. The monoisotopic (exact) mass is 254 g/mol. The van der Waals surface area contributed by atoms with Crippen molar-refractivity contribution in [3.63, 3.8) is 0 Å².